The maximum absolute atomic E-state index is 13.2. The lowest BCUT2D eigenvalue weighted by Crippen LogP contribution is -2.27. The van der Waals surface area contributed by atoms with Crippen LogP contribution in [-0.4, -0.2) is 37.1 Å². The Hall–Kier alpha value is -3.60. The molecule has 1 aromatic heterocycles. The van der Waals surface area contributed by atoms with Crippen LogP contribution in [0.2, 0.25) is 0 Å². The number of carbonyl (C=O) groups is 1. The Balaban J connectivity index is 1.60. The molecule has 0 radical (unpaired) electrons. The Bertz CT molecular complexity index is 1250. The molecular weight excluding hydrogens is 376 g/mol. The highest BCUT2D eigenvalue weighted by atomic mass is 16.5. The van der Waals surface area contributed by atoms with Crippen molar-refractivity contribution in [3.05, 3.63) is 77.5 Å². The number of methoxy groups -OCH3 is 2. The van der Waals surface area contributed by atoms with Gasteiger partial charge in [0.05, 0.1) is 31.0 Å². The monoisotopic (exact) mass is 400 g/mol. The molecule has 5 nitrogen and oxygen atoms in total. The zero-order chi connectivity index (χ0) is 21.3. The van der Waals surface area contributed by atoms with Crippen LogP contribution in [0.4, 0.5) is 0 Å². The number of benzene rings is 3. The Morgan fingerprint density at radius 1 is 0.867 bits per heavy atom. The standard InChI is InChI=1S/C25H24N2O3/c1-16-23(14-20-13-22(30-4)9-10-24(20)26-16)25(28)27(2)15-17-5-6-19-12-21(29-3)8-7-18(19)11-17/h5-14H,15H2,1-4H3. The molecule has 0 fully saturated rings. The average Bonchev–Trinajstić information content (AvgIpc) is 2.77. The van der Waals surface area contributed by atoms with Crippen LogP contribution in [0.3, 0.4) is 0 Å². The molecule has 0 saturated carbocycles. The summed E-state index contributed by atoms with van der Waals surface area (Å²) in [5, 5.41) is 3.11. The first-order valence-electron chi connectivity index (χ1n) is 9.76. The number of pyridine rings is 1. The maximum atomic E-state index is 13.2. The van der Waals surface area contributed by atoms with Crippen molar-refractivity contribution in [2.75, 3.05) is 21.3 Å². The number of carbonyl (C=O) groups excluding carboxylic acids is 1. The first-order valence-corrected chi connectivity index (χ1v) is 9.76. The van der Waals surface area contributed by atoms with Gasteiger partial charge in [0.1, 0.15) is 11.5 Å². The van der Waals surface area contributed by atoms with E-state index in [1.165, 1.54) is 0 Å². The minimum atomic E-state index is -0.0560. The van der Waals surface area contributed by atoms with Gasteiger partial charge in [-0.3, -0.25) is 9.78 Å². The van der Waals surface area contributed by atoms with E-state index in [-0.39, 0.29) is 5.91 Å². The molecule has 0 saturated heterocycles. The largest absolute Gasteiger partial charge is 0.497 e. The summed E-state index contributed by atoms with van der Waals surface area (Å²) in [7, 11) is 5.11. The predicted molar refractivity (Wildman–Crippen MR) is 119 cm³/mol. The van der Waals surface area contributed by atoms with Gasteiger partial charge in [0, 0.05) is 19.0 Å². The van der Waals surface area contributed by atoms with E-state index in [1.54, 1.807) is 19.1 Å². The summed E-state index contributed by atoms with van der Waals surface area (Å²) < 4.78 is 10.6. The third-order valence-corrected chi connectivity index (χ3v) is 5.32. The van der Waals surface area contributed by atoms with Crippen LogP contribution < -0.4 is 9.47 Å². The van der Waals surface area contributed by atoms with E-state index in [2.05, 4.69) is 17.1 Å². The highest BCUT2D eigenvalue weighted by Gasteiger charge is 2.17. The van der Waals surface area contributed by atoms with Gasteiger partial charge in [-0.25, -0.2) is 0 Å². The van der Waals surface area contributed by atoms with E-state index < -0.39 is 0 Å². The molecule has 0 spiro atoms. The highest BCUT2D eigenvalue weighted by Crippen LogP contribution is 2.24. The lowest BCUT2D eigenvalue weighted by Gasteiger charge is -2.19. The Kier molecular flexibility index (Phi) is 5.27. The SMILES string of the molecule is COc1ccc2cc(CN(C)C(=O)c3cc4cc(OC)ccc4nc3C)ccc2c1. The van der Waals surface area contributed by atoms with Gasteiger partial charge in [-0.2, -0.15) is 0 Å². The molecule has 0 unspecified atom stereocenters. The van der Waals surface area contributed by atoms with Gasteiger partial charge in [0.15, 0.2) is 0 Å². The van der Waals surface area contributed by atoms with Crippen LogP contribution in [0, 0.1) is 6.92 Å². The summed E-state index contributed by atoms with van der Waals surface area (Å²) in [4.78, 5) is 19.5. The maximum Gasteiger partial charge on any atom is 0.255 e. The fourth-order valence-corrected chi connectivity index (χ4v) is 3.64. The Morgan fingerprint density at radius 3 is 2.23 bits per heavy atom. The molecule has 152 valence electrons. The van der Waals surface area contributed by atoms with Crippen molar-refractivity contribution in [2.24, 2.45) is 0 Å². The van der Waals surface area contributed by atoms with Gasteiger partial charge >= 0.3 is 0 Å². The number of fused-ring (bicyclic) bond motifs is 2. The second-order valence-corrected chi connectivity index (χ2v) is 7.39. The minimum Gasteiger partial charge on any atom is -0.497 e. The van der Waals surface area contributed by atoms with Crippen LogP contribution in [0.1, 0.15) is 21.6 Å². The minimum absolute atomic E-state index is 0.0560. The molecule has 30 heavy (non-hydrogen) atoms. The normalized spacial score (nSPS) is 10.9. The van der Waals surface area contributed by atoms with Gasteiger partial charge in [0.25, 0.3) is 5.91 Å². The predicted octanol–water partition coefficient (Wildman–Crippen LogP) is 4.99. The van der Waals surface area contributed by atoms with Crippen LogP contribution in [-0.2, 0) is 6.54 Å². The first-order chi connectivity index (χ1) is 14.5. The topological polar surface area (TPSA) is 51.7 Å². The number of aryl methyl sites for hydroxylation is 1. The van der Waals surface area contributed by atoms with E-state index in [0.29, 0.717) is 12.1 Å². The van der Waals surface area contributed by atoms with Crippen LogP contribution in [0.25, 0.3) is 21.7 Å². The molecule has 0 bridgehead atoms. The number of hydrogen-bond donors (Lipinski definition) is 0. The van der Waals surface area contributed by atoms with Crippen molar-refractivity contribution in [3.63, 3.8) is 0 Å². The van der Waals surface area contributed by atoms with Gasteiger partial charge < -0.3 is 14.4 Å². The van der Waals surface area contributed by atoms with E-state index in [0.717, 1.165) is 44.4 Å². The third kappa shape index (κ3) is 3.79. The number of aromatic nitrogens is 1. The summed E-state index contributed by atoms with van der Waals surface area (Å²) in [5.74, 6) is 1.52. The molecule has 0 N–H and O–H groups in total. The van der Waals surface area contributed by atoms with Crippen molar-refractivity contribution < 1.29 is 14.3 Å². The molecule has 0 aliphatic rings. The fraction of sp³-hybridized carbons (Fsp3) is 0.200. The summed E-state index contributed by atoms with van der Waals surface area (Å²) in [5.41, 5.74) is 3.23. The molecular formula is C25H24N2O3. The molecule has 0 atom stereocenters. The quantitative estimate of drug-likeness (QED) is 0.474. The molecule has 4 rings (SSSR count). The number of rotatable bonds is 5. The van der Waals surface area contributed by atoms with Gasteiger partial charge in [-0.05, 0) is 65.7 Å². The smallest absolute Gasteiger partial charge is 0.255 e. The van der Waals surface area contributed by atoms with E-state index >= 15 is 0 Å². The summed E-state index contributed by atoms with van der Waals surface area (Å²) in [6.45, 7) is 2.38. The van der Waals surface area contributed by atoms with Crippen LogP contribution in [0.15, 0.2) is 60.7 Å². The summed E-state index contributed by atoms with van der Waals surface area (Å²) in [6, 6.07) is 19.8. The van der Waals surface area contributed by atoms with Crippen LogP contribution >= 0.6 is 0 Å². The molecule has 0 aliphatic carbocycles. The Morgan fingerprint density at radius 2 is 1.50 bits per heavy atom. The van der Waals surface area contributed by atoms with E-state index in [1.807, 2.05) is 62.5 Å². The molecule has 1 amide bonds. The zero-order valence-electron chi connectivity index (χ0n) is 17.6. The van der Waals surface area contributed by atoms with Crippen molar-refractivity contribution in [1.82, 2.24) is 9.88 Å². The number of amides is 1. The number of ether oxygens (including phenoxy) is 2. The second-order valence-electron chi connectivity index (χ2n) is 7.39. The number of nitrogens with zero attached hydrogens (tertiary/aromatic N) is 2. The lowest BCUT2D eigenvalue weighted by molar-refractivity contribution is 0.0784. The molecule has 0 aliphatic heterocycles. The van der Waals surface area contributed by atoms with Crippen molar-refractivity contribution in [3.8, 4) is 11.5 Å². The zero-order valence-corrected chi connectivity index (χ0v) is 17.6. The molecule has 3 aromatic carbocycles. The van der Waals surface area contributed by atoms with Gasteiger partial charge in [0.2, 0.25) is 0 Å². The van der Waals surface area contributed by atoms with Gasteiger partial charge in [-0.15, -0.1) is 0 Å². The van der Waals surface area contributed by atoms with E-state index in [9.17, 15) is 4.79 Å². The Labute approximate surface area is 175 Å². The fourth-order valence-electron chi connectivity index (χ4n) is 3.64. The van der Waals surface area contributed by atoms with Crippen molar-refractivity contribution >= 4 is 27.6 Å². The lowest BCUT2D eigenvalue weighted by atomic mass is 10.1. The van der Waals surface area contributed by atoms with Crippen LogP contribution in [0.5, 0.6) is 11.5 Å². The van der Waals surface area contributed by atoms with Gasteiger partial charge in [-0.1, -0.05) is 18.2 Å². The summed E-state index contributed by atoms with van der Waals surface area (Å²) in [6.07, 6.45) is 0. The third-order valence-electron chi connectivity index (χ3n) is 5.32. The average molecular weight is 400 g/mol. The molecule has 1 heterocycles. The second kappa shape index (κ2) is 8.03. The molecule has 4 aromatic rings. The first kappa shape index (κ1) is 19.7. The van der Waals surface area contributed by atoms with Crippen molar-refractivity contribution in [2.45, 2.75) is 13.5 Å². The summed E-state index contributed by atoms with van der Waals surface area (Å²) >= 11 is 0. The highest BCUT2D eigenvalue weighted by molar-refractivity contribution is 5.98. The number of hydrogen-bond acceptors (Lipinski definition) is 4. The molecule has 5 heteroatoms. The van der Waals surface area contributed by atoms with Crippen molar-refractivity contribution in [1.29, 1.82) is 0 Å². The van der Waals surface area contributed by atoms with E-state index in [4.69, 9.17) is 9.47 Å².